The van der Waals surface area contributed by atoms with Crippen LogP contribution in [0, 0.1) is 3.57 Å². The molecule has 1 aromatic heterocycles. The van der Waals surface area contributed by atoms with Crippen LogP contribution in [-0.2, 0) is 5.41 Å². The van der Waals surface area contributed by atoms with Gasteiger partial charge >= 0.3 is 0 Å². The van der Waals surface area contributed by atoms with Crippen molar-refractivity contribution in [1.29, 1.82) is 0 Å². The molecule has 0 spiro atoms. The van der Waals surface area contributed by atoms with Gasteiger partial charge in [-0.2, -0.15) is 0 Å². The highest BCUT2D eigenvalue weighted by atomic mass is 127. The molecule has 0 aliphatic carbocycles. The lowest BCUT2D eigenvalue weighted by Gasteiger charge is -2.19. The lowest BCUT2D eigenvalue weighted by Crippen LogP contribution is -2.10. The Bertz CT molecular complexity index is 468. The number of nitrogens with zero attached hydrogens (tertiary/aromatic N) is 1. The first kappa shape index (κ1) is 9.96. The van der Waals surface area contributed by atoms with Gasteiger partial charge in [0, 0.05) is 5.39 Å². The van der Waals surface area contributed by atoms with Crippen LogP contribution in [0.5, 0.6) is 0 Å². The maximum atomic E-state index is 5.16. The monoisotopic (exact) mass is 301 g/mol. The minimum Gasteiger partial charge on any atom is -0.355 e. The fraction of sp³-hybridized carbons (Fsp3) is 0.364. The molecule has 14 heavy (non-hydrogen) atoms. The lowest BCUT2D eigenvalue weighted by molar-refractivity contribution is 0.455. The average molecular weight is 301 g/mol. The zero-order valence-electron chi connectivity index (χ0n) is 8.47. The number of aromatic nitrogens is 1. The Morgan fingerprint density at radius 1 is 1.29 bits per heavy atom. The number of halogens is 1. The van der Waals surface area contributed by atoms with Crippen LogP contribution in [0.4, 0.5) is 0 Å². The lowest BCUT2D eigenvalue weighted by atomic mass is 9.87. The Labute approximate surface area is 96.8 Å². The molecular formula is C11H12INO. The maximum absolute atomic E-state index is 5.16. The van der Waals surface area contributed by atoms with Crippen molar-refractivity contribution >= 4 is 33.6 Å². The van der Waals surface area contributed by atoms with Crippen LogP contribution in [0.25, 0.3) is 11.0 Å². The summed E-state index contributed by atoms with van der Waals surface area (Å²) in [6.45, 7) is 6.62. The topological polar surface area (TPSA) is 26.0 Å². The molecule has 0 aliphatic heterocycles. The van der Waals surface area contributed by atoms with Gasteiger partial charge in [0.15, 0.2) is 5.58 Å². The maximum Gasteiger partial charge on any atom is 0.180 e. The van der Waals surface area contributed by atoms with Gasteiger partial charge in [0.1, 0.15) is 0 Å². The van der Waals surface area contributed by atoms with Gasteiger partial charge in [-0.15, -0.1) is 0 Å². The molecule has 0 bridgehead atoms. The largest absolute Gasteiger partial charge is 0.355 e. The first-order chi connectivity index (χ1) is 6.48. The molecule has 1 aromatic carbocycles. The summed E-state index contributed by atoms with van der Waals surface area (Å²) >= 11 is 2.29. The van der Waals surface area contributed by atoms with Crippen molar-refractivity contribution in [3.8, 4) is 0 Å². The van der Waals surface area contributed by atoms with Crippen molar-refractivity contribution in [2.75, 3.05) is 0 Å². The molecule has 74 valence electrons. The van der Waals surface area contributed by atoms with Crippen LogP contribution >= 0.6 is 22.6 Å². The molecule has 0 unspecified atom stereocenters. The summed E-state index contributed by atoms with van der Waals surface area (Å²) in [6, 6.07) is 4.31. The SMILES string of the molecule is CC(C)(C)c1cc(I)c2oncc2c1. The van der Waals surface area contributed by atoms with Gasteiger partial charge in [-0.1, -0.05) is 25.9 Å². The highest BCUT2D eigenvalue weighted by Crippen LogP contribution is 2.29. The molecule has 0 saturated carbocycles. The molecule has 0 fully saturated rings. The third-order valence-corrected chi connectivity index (χ3v) is 3.08. The van der Waals surface area contributed by atoms with Gasteiger partial charge in [-0.05, 0) is 45.7 Å². The summed E-state index contributed by atoms with van der Waals surface area (Å²) < 4.78 is 6.29. The van der Waals surface area contributed by atoms with Crippen molar-refractivity contribution in [1.82, 2.24) is 5.16 Å². The van der Waals surface area contributed by atoms with Crippen LogP contribution in [-0.4, -0.2) is 5.16 Å². The van der Waals surface area contributed by atoms with Gasteiger partial charge in [-0.25, -0.2) is 0 Å². The zero-order valence-corrected chi connectivity index (χ0v) is 10.6. The number of fused-ring (bicyclic) bond motifs is 1. The summed E-state index contributed by atoms with van der Waals surface area (Å²) in [5.41, 5.74) is 2.38. The van der Waals surface area contributed by atoms with Crippen molar-refractivity contribution < 1.29 is 4.52 Å². The van der Waals surface area contributed by atoms with Crippen LogP contribution in [0.3, 0.4) is 0 Å². The summed E-state index contributed by atoms with van der Waals surface area (Å²) in [4.78, 5) is 0. The number of hydrogen-bond acceptors (Lipinski definition) is 2. The third kappa shape index (κ3) is 1.65. The Balaban J connectivity index is 2.70. The van der Waals surface area contributed by atoms with Crippen LogP contribution in [0.1, 0.15) is 26.3 Å². The molecule has 0 atom stereocenters. The van der Waals surface area contributed by atoms with E-state index in [4.69, 9.17) is 4.52 Å². The van der Waals surface area contributed by atoms with Crippen molar-refractivity contribution in [2.24, 2.45) is 0 Å². The van der Waals surface area contributed by atoms with Crippen molar-refractivity contribution in [3.05, 3.63) is 27.5 Å². The summed E-state index contributed by atoms with van der Waals surface area (Å²) in [7, 11) is 0. The zero-order chi connectivity index (χ0) is 10.3. The van der Waals surface area contributed by atoms with Crippen molar-refractivity contribution in [2.45, 2.75) is 26.2 Å². The molecule has 0 N–H and O–H groups in total. The van der Waals surface area contributed by atoms with Gasteiger partial charge in [0.2, 0.25) is 0 Å². The van der Waals surface area contributed by atoms with E-state index in [1.807, 2.05) is 0 Å². The van der Waals surface area contributed by atoms with Gasteiger partial charge in [0.05, 0.1) is 9.77 Å². The van der Waals surface area contributed by atoms with E-state index in [2.05, 4.69) is 60.7 Å². The molecule has 2 nitrogen and oxygen atoms in total. The van der Waals surface area contributed by atoms with E-state index in [0.29, 0.717) is 0 Å². The number of rotatable bonds is 0. The van der Waals surface area contributed by atoms with Gasteiger partial charge in [0.25, 0.3) is 0 Å². The highest BCUT2D eigenvalue weighted by molar-refractivity contribution is 14.1. The van der Waals surface area contributed by atoms with E-state index in [-0.39, 0.29) is 5.41 Å². The Morgan fingerprint density at radius 3 is 2.64 bits per heavy atom. The number of hydrogen-bond donors (Lipinski definition) is 0. The van der Waals surface area contributed by atoms with E-state index in [0.717, 1.165) is 14.5 Å². The minimum atomic E-state index is 0.172. The summed E-state index contributed by atoms with van der Waals surface area (Å²) in [5, 5.41) is 4.89. The van der Waals surface area contributed by atoms with E-state index in [1.165, 1.54) is 5.56 Å². The predicted octanol–water partition coefficient (Wildman–Crippen LogP) is 3.73. The first-order valence-corrected chi connectivity index (χ1v) is 5.61. The second kappa shape index (κ2) is 3.22. The predicted molar refractivity (Wildman–Crippen MR) is 65.4 cm³/mol. The third-order valence-electron chi connectivity index (χ3n) is 2.27. The standard InChI is InChI=1S/C11H12INO/c1-11(2,3)8-4-7-6-13-14-10(7)9(12)5-8/h4-6H,1-3H3. The second-order valence-electron chi connectivity index (χ2n) is 4.45. The normalized spacial score (nSPS) is 12.3. The highest BCUT2D eigenvalue weighted by Gasteiger charge is 2.16. The second-order valence-corrected chi connectivity index (χ2v) is 5.61. The molecule has 3 heteroatoms. The average Bonchev–Trinajstić information content (AvgIpc) is 2.50. The molecule has 2 rings (SSSR count). The Hall–Kier alpha value is -0.580. The molecule has 0 aliphatic rings. The Morgan fingerprint density at radius 2 is 2.00 bits per heavy atom. The Kier molecular flexibility index (Phi) is 2.29. The summed E-state index contributed by atoms with van der Waals surface area (Å²) in [6.07, 6.45) is 1.77. The molecule has 0 saturated heterocycles. The van der Waals surface area contributed by atoms with Gasteiger partial charge in [-0.3, -0.25) is 0 Å². The van der Waals surface area contributed by atoms with Crippen LogP contribution in [0.2, 0.25) is 0 Å². The molecule has 0 radical (unpaired) electrons. The molecule has 2 aromatic rings. The minimum absolute atomic E-state index is 0.172. The quantitative estimate of drug-likeness (QED) is 0.693. The first-order valence-electron chi connectivity index (χ1n) is 4.53. The number of benzene rings is 1. The van der Waals surface area contributed by atoms with Crippen LogP contribution < -0.4 is 0 Å². The van der Waals surface area contributed by atoms with E-state index in [9.17, 15) is 0 Å². The van der Waals surface area contributed by atoms with Crippen LogP contribution in [0.15, 0.2) is 22.9 Å². The molecule has 1 heterocycles. The van der Waals surface area contributed by atoms with E-state index >= 15 is 0 Å². The van der Waals surface area contributed by atoms with Crippen molar-refractivity contribution in [3.63, 3.8) is 0 Å². The van der Waals surface area contributed by atoms with E-state index in [1.54, 1.807) is 6.20 Å². The molecule has 0 amide bonds. The van der Waals surface area contributed by atoms with Gasteiger partial charge < -0.3 is 4.52 Å². The van der Waals surface area contributed by atoms with E-state index < -0.39 is 0 Å². The fourth-order valence-corrected chi connectivity index (χ4v) is 2.12. The summed E-state index contributed by atoms with van der Waals surface area (Å²) in [5.74, 6) is 0. The molecular weight excluding hydrogens is 289 g/mol. The fourth-order valence-electron chi connectivity index (χ4n) is 1.38. The smallest absolute Gasteiger partial charge is 0.180 e.